The molecule has 0 aliphatic rings. The molecule has 0 aromatic carbocycles. The molecule has 102 valence electrons. The van der Waals surface area contributed by atoms with Crippen molar-refractivity contribution in [2.45, 2.75) is 60.8 Å². The van der Waals surface area contributed by atoms with Crippen LogP contribution in [0.1, 0.15) is 60.8 Å². The summed E-state index contributed by atoms with van der Waals surface area (Å²) in [4.78, 5) is -0.278. The van der Waals surface area contributed by atoms with Gasteiger partial charge in [-0.1, -0.05) is 60.8 Å². The minimum atomic E-state index is -0.278. The summed E-state index contributed by atoms with van der Waals surface area (Å²) in [5.41, 5.74) is 0. The van der Waals surface area contributed by atoms with Gasteiger partial charge in [-0.25, -0.2) is 0 Å². The van der Waals surface area contributed by atoms with Gasteiger partial charge in [-0.15, -0.1) is 24.0 Å². The molecule has 0 aromatic heterocycles. The van der Waals surface area contributed by atoms with E-state index in [1.807, 2.05) is 0 Å². The summed E-state index contributed by atoms with van der Waals surface area (Å²) in [5, 5.41) is 0. The molecule has 0 saturated carbocycles. The summed E-state index contributed by atoms with van der Waals surface area (Å²) in [5.74, 6) is 0. The van der Waals surface area contributed by atoms with E-state index in [-0.39, 0.29) is 51.2 Å². The van der Waals surface area contributed by atoms with Crippen LogP contribution in [0.4, 0.5) is 0 Å². The number of halogens is 4. The van der Waals surface area contributed by atoms with Crippen molar-refractivity contribution >= 4 is 83.9 Å². The zero-order chi connectivity index (χ0) is 9.11. The van der Waals surface area contributed by atoms with Crippen molar-refractivity contribution in [1.82, 2.24) is 0 Å². The minimum absolute atomic E-state index is 0. The van der Waals surface area contributed by atoms with Crippen LogP contribution < -0.4 is 0 Å². The molecule has 0 aromatic rings. The maximum atomic E-state index is 2.46. The van der Waals surface area contributed by atoms with Crippen molar-refractivity contribution in [3.05, 3.63) is 7.43 Å². The van der Waals surface area contributed by atoms with Gasteiger partial charge in [0.05, 0.1) is 0 Å². The quantitative estimate of drug-likeness (QED) is 0.158. The Labute approximate surface area is 154 Å². The van der Waals surface area contributed by atoms with E-state index in [9.17, 15) is 0 Å². The average molecular weight is 707 g/mol. The van der Waals surface area contributed by atoms with Gasteiger partial charge >= 0.3 is 64.9 Å². The van der Waals surface area contributed by atoms with Crippen LogP contribution in [0, 0.1) is 7.43 Å². The van der Waals surface area contributed by atoms with Crippen molar-refractivity contribution in [3.8, 4) is 0 Å². The molecule has 0 fully saturated rings. The van der Waals surface area contributed by atoms with Crippen LogP contribution in [0.25, 0.3) is 0 Å². The molecule has 0 amide bonds. The molecule has 0 N–H and O–H groups in total. The summed E-state index contributed by atoms with van der Waals surface area (Å²) in [6, 6.07) is 0. The van der Waals surface area contributed by atoms with Crippen molar-refractivity contribution in [2.75, 3.05) is 0 Å². The van der Waals surface area contributed by atoms with Crippen molar-refractivity contribution in [1.29, 1.82) is 0 Å². The molecule has 0 unspecified atom stereocenters. The zero-order valence-corrected chi connectivity index (χ0v) is 18.7. The van der Waals surface area contributed by atoms with E-state index in [0.717, 1.165) is 0 Å². The van der Waals surface area contributed by atoms with Gasteiger partial charge in [-0.05, 0) is 0 Å². The zero-order valence-electron chi connectivity index (χ0n) is 8.52. The van der Waals surface area contributed by atoms with Crippen LogP contribution in [0.2, 0.25) is 0 Å². The van der Waals surface area contributed by atoms with Crippen LogP contribution in [0.15, 0.2) is 0 Å². The molecular formula is C10H28I4V-. The Hall–Kier alpha value is 3.50. The fourth-order valence-corrected chi connectivity index (χ4v) is 0.677. The number of hydrogen-bond donors (Lipinski definition) is 0. The van der Waals surface area contributed by atoms with Crippen LogP contribution >= 0.6 is 83.9 Å². The Kier molecular flexibility index (Phi) is 87.1. The standard InChI is InChI=1S/C7H16.2CH4.CH3.4HI.V/c1-3-5-7-6-4-2;;;;;;;;/h3-7H2,1-2H3;2*1H4;1H3;4*1H;/q;;;-1;;;;;+3/p-3. The molecule has 0 nitrogen and oxygen atoms in total. The van der Waals surface area contributed by atoms with Crippen molar-refractivity contribution in [3.63, 3.8) is 0 Å². The summed E-state index contributed by atoms with van der Waals surface area (Å²) in [6.45, 7) is 4.49. The second-order valence-electron chi connectivity index (χ2n) is 2.25. The third kappa shape index (κ3) is 74.7. The Balaban J connectivity index is -0.0000000230. The van der Waals surface area contributed by atoms with Crippen LogP contribution in [0.5, 0.6) is 0 Å². The third-order valence-electron chi connectivity index (χ3n) is 1.21. The van der Waals surface area contributed by atoms with Gasteiger partial charge in [0, 0.05) is 0 Å². The summed E-state index contributed by atoms with van der Waals surface area (Å²) >= 11 is 7.39. The SMILES string of the molecule is C.C.CCCCCCC.I.[CH3-].[I][V]([I])[I]. The van der Waals surface area contributed by atoms with Gasteiger partial charge in [0.15, 0.2) is 0 Å². The maximum absolute atomic E-state index is 2.46. The first-order valence-corrected chi connectivity index (χ1v) is 17.4. The number of hydrogen-bond acceptors (Lipinski definition) is 0. The van der Waals surface area contributed by atoms with E-state index in [2.05, 4.69) is 73.8 Å². The normalized spacial score (nSPS) is 6.80. The first-order chi connectivity index (χ1) is 5.15. The topological polar surface area (TPSA) is 0 Å². The molecule has 0 saturated heterocycles. The predicted octanol–water partition coefficient (Wildman–Crippen LogP) is 7.97. The second kappa shape index (κ2) is 36.0. The summed E-state index contributed by atoms with van der Waals surface area (Å²) in [6.07, 6.45) is 7.01. The Morgan fingerprint density at radius 1 is 0.800 bits per heavy atom. The molecule has 15 heavy (non-hydrogen) atoms. The van der Waals surface area contributed by atoms with E-state index < -0.39 is 0 Å². The molecule has 0 spiro atoms. The fraction of sp³-hybridized carbons (Fsp3) is 0.900. The number of rotatable bonds is 4. The Bertz CT molecular complexity index is 56.6. The van der Waals surface area contributed by atoms with E-state index in [0.29, 0.717) is 0 Å². The molecule has 0 aliphatic carbocycles. The summed E-state index contributed by atoms with van der Waals surface area (Å²) < 4.78 is 0. The molecule has 0 rings (SSSR count). The van der Waals surface area contributed by atoms with Crippen LogP contribution in [0.3, 0.4) is 0 Å². The van der Waals surface area contributed by atoms with Crippen molar-refractivity contribution in [2.24, 2.45) is 0 Å². The van der Waals surface area contributed by atoms with Gasteiger partial charge in [0.1, 0.15) is 0 Å². The average Bonchev–Trinajstić information content (AvgIpc) is 1.88. The van der Waals surface area contributed by atoms with Crippen LogP contribution in [-0.4, -0.2) is 0 Å². The molecule has 0 heterocycles. The third-order valence-corrected chi connectivity index (χ3v) is 1.21. The van der Waals surface area contributed by atoms with Crippen LogP contribution in [-0.2, 0) is 4.92 Å². The van der Waals surface area contributed by atoms with Gasteiger partial charge in [-0.3, -0.25) is 0 Å². The molecule has 0 atom stereocenters. The first kappa shape index (κ1) is 36.3. The number of unbranched alkanes of at least 4 members (excludes halogenated alkanes) is 4. The Morgan fingerprint density at radius 3 is 1.13 bits per heavy atom. The van der Waals surface area contributed by atoms with Gasteiger partial charge in [-0.2, -0.15) is 0 Å². The van der Waals surface area contributed by atoms with Gasteiger partial charge in [0.2, 0.25) is 0 Å². The first-order valence-electron chi connectivity index (χ1n) is 3.92. The second-order valence-corrected chi connectivity index (χ2v) is 37.6. The molecule has 5 heteroatoms. The van der Waals surface area contributed by atoms with Gasteiger partial charge < -0.3 is 7.43 Å². The van der Waals surface area contributed by atoms with E-state index >= 15 is 0 Å². The Morgan fingerprint density at radius 2 is 1.00 bits per heavy atom. The monoisotopic (exact) mass is 707 g/mol. The van der Waals surface area contributed by atoms with E-state index in [1.54, 1.807) is 0 Å². The fourth-order valence-electron chi connectivity index (χ4n) is 0.677. The molecule has 0 radical (unpaired) electrons. The van der Waals surface area contributed by atoms with Gasteiger partial charge in [0.25, 0.3) is 0 Å². The van der Waals surface area contributed by atoms with E-state index in [1.165, 1.54) is 32.1 Å². The van der Waals surface area contributed by atoms with E-state index in [4.69, 9.17) is 0 Å². The predicted molar refractivity (Wildman–Crippen MR) is 112 cm³/mol. The molecule has 0 aliphatic heterocycles. The molecule has 0 bridgehead atoms. The molecular weight excluding hydrogens is 679 g/mol. The van der Waals surface area contributed by atoms with Crippen molar-refractivity contribution < 1.29 is 4.92 Å². The summed E-state index contributed by atoms with van der Waals surface area (Å²) in [7, 11) is 0.